The molecule has 1 heterocycles. The second-order valence-electron chi connectivity index (χ2n) is 5.11. The van der Waals surface area contributed by atoms with Crippen LogP contribution in [-0.4, -0.2) is 4.57 Å². The number of hydrogen-bond donors (Lipinski definition) is 1. The van der Waals surface area contributed by atoms with Crippen molar-refractivity contribution in [3.05, 3.63) is 63.0 Å². The van der Waals surface area contributed by atoms with Gasteiger partial charge in [0.15, 0.2) is 0 Å². The van der Waals surface area contributed by atoms with Crippen LogP contribution < -0.4 is 10.9 Å². The van der Waals surface area contributed by atoms with Gasteiger partial charge in [-0.2, -0.15) is 0 Å². The smallest absolute Gasteiger partial charge is 0.250 e. The van der Waals surface area contributed by atoms with E-state index < -0.39 is 0 Å². The van der Waals surface area contributed by atoms with Crippen LogP contribution in [0.4, 0.5) is 5.69 Å². The molecule has 2 aromatic rings. The zero-order chi connectivity index (χ0) is 15.2. The van der Waals surface area contributed by atoms with Crippen LogP contribution in [0.25, 0.3) is 0 Å². The number of aryl methyl sites for hydroxylation is 1. The normalized spacial score (nSPS) is 12.1. The van der Waals surface area contributed by atoms with Gasteiger partial charge >= 0.3 is 0 Å². The van der Waals surface area contributed by atoms with Crippen LogP contribution in [0.3, 0.4) is 0 Å². The third-order valence-electron chi connectivity index (χ3n) is 3.47. The lowest BCUT2D eigenvalue weighted by Gasteiger charge is -2.19. The average molecular weight is 349 g/mol. The molecule has 0 spiro atoms. The van der Waals surface area contributed by atoms with Crippen molar-refractivity contribution >= 4 is 21.6 Å². The van der Waals surface area contributed by atoms with Crippen molar-refractivity contribution in [2.24, 2.45) is 0 Å². The molecule has 0 aliphatic heterocycles. The quantitative estimate of drug-likeness (QED) is 0.828. The van der Waals surface area contributed by atoms with Gasteiger partial charge in [0.05, 0.1) is 11.7 Å². The third kappa shape index (κ3) is 4.21. The Morgan fingerprint density at radius 3 is 2.48 bits per heavy atom. The Morgan fingerprint density at radius 2 is 1.86 bits per heavy atom. The summed E-state index contributed by atoms with van der Waals surface area (Å²) in [6.45, 7) is 4.98. The predicted molar refractivity (Wildman–Crippen MR) is 91.8 cm³/mol. The maximum atomic E-state index is 11.8. The maximum absolute atomic E-state index is 11.8. The topological polar surface area (TPSA) is 34.0 Å². The summed E-state index contributed by atoms with van der Waals surface area (Å²) in [6, 6.07) is 12.1. The van der Waals surface area contributed by atoms with E-state index in [-0.39, 0.29) is 11.6 Å². The fraction of sp³-hybridized carbons (Fsp3) is 0.353. The molecule has 1 unspecified atom stereocenters. The van der Waals surface area contributed by atoms with Crippen LogP contribution in [-0.2, 0) is 6.54 Å². The predicted octanol–water partition coefficient (Wildman–Crippen LogP) is 4.58. The van der Waals surface area contributed by atoms with Crippen LogP contribution in [0.15, 0.2) is 51.9 Å². The van der Waals surface area contributed by atoms with Crippen LogP contribution in [0.2, 0.25) is 0 Å². The first kappa shape index (κ1) is 15.8. The highest BCUT2D eigenvalue weighted by atomic mass is 79.9. The first-order valence-corrected chi connectivity index (χ1v) is 8.15. The standard InChI is InChI=1S/C17H21BrN2O/c1-3-11-20-12-15(9-10-17(20)21)19-16(4-2)13-5-7-14(18)8-6-13/h5-10,12,16,19H,3-4,11H2,1-2H3. The van der Waals surface area contributed by atoms with Gasteiger partial charge < -0.3 is 9.88 Å². The molecule has 0 aliphatic rings. The van der Waals surface area contributed by atoms with E-state index in [4.69, 9.17) is 0 Å². The third-order valence-corrected chi connectivity index (χ3v) is 4.00. The number of aromatic nitrogens is 1. The Hall–Kier alpha value is -1.55. The van der Waals surface area contributed by atoms with Crippen molar-refractivity contribution in [1.29, 1.82) is 0 Å². The molecule has 0 saturated heterocycles. The van der Waals surface area contributed by atoms with Crippen molar-refractivity contribution in [1.82, 2.24) is 4.57 Å². The van der Waals surface area contributed by atoms with Crippen molar-refractivity contribution in [3.8, 4) is 0 Å². The van der Waals surface area contributed by atoms with E-state index in [1.54, 1.807) is 10.6 Å². The summed E-state index contributed by atoms with van der Waals surface area (Å²) in [6.07, 6.45) is 3.84. The van der Waals surface area contributed by atoms with Gasteiger partial charge in [0.25, 0.3) is 5.56 Å². The van der Waals surface area contributed by atoms with Gasteiger partial charge in [0.1, 0.15) is 0 Å². The number of rotatable bonds is 6. The van der Waals surface area contributed by atoms with Gasteiger partial charge in [-0.25, -0.2) is 0 Å². The molecule has 1 aromatic heterocycles. The molecule has 2 rings (SSSR count). The second-order valence-corrected chi connectivity index (χ2v) is 6.02. The fourth-order valence-electron chi connectivity index (χ4n) is 2.35. The zero-order valence-corrected chi connectivity index (χ0v) is 14.1. The number of nitrogens with one attached hydrogen (secondary N) is 1. The summed E-state index contributed by atoms with van der Waals surface area (Å²) in [5.74, 6) is 0. The molecule has 0 amide bonds. The first-order chi connectivity index (χ1) is 10.1. The van der Waals surface area contributed by atoms with Crippen molar-refractivity contribution < 1.29 is 0 Å². The average Bonchev–Trinajstić information content (AvgIpc) is 2.49. The minimum Gasteiger partial charge on any atom is -0.377 e. The second kappa shape index (κ2) is 7.46. The van der Waals surface area contributed by atoms with E-state index >= 15 is 0 Å². The Labute approximate surface area is 134 Å². The van der Waals surface area contributed by atoms with Crippen molar-refractivity contribution in [3.63, 3.8) is 0 Å². The highest BCUT2D eigenvalue weighted by Crippen LogP contribution is 2.23. The molecular weight excluding hydrogens is 328 g/mol. The SMILES string of the molecule is CCCn1cc(NC(CC)c2ccc(Br)cc2)ccc1=O. The Bertz CT molecular complexity index is 634. The van der Waals surface area contributed by atoms with E-state index in [0.717, 1.165) is 29.5 Å². The maximum Gasteiger partial charge on any atom is 0.250 e. The summed E-state index contributed by atoms with van der Waals surface area (Å²) in [7, 11) is 0. The molecule has 3 nitrogen and oxygen atoms in total. The molecule has 1 aromatic carbocycles. The van der Waals surface area contributed by atoms with Gasteiger partial charge in [-0.1, -0.05) is 41.9 Å². The number of benzene rings is 1. The van der Waals surface area contributed by atoms with E-state index in [1.807, 2.05) is 12.3 Å². The number of pyridine rings is 1. The van der Waals surface area contributed by atoms with Crippen molar-refractivity contribution in [2.75, 3.05) is 5.32 Å². The number of halogens is 1. The van der Waals surface area contributed by atoms with Gasteiger partial charge in [-0.05, 0) is 36.6 Å². The van der Waals surface area contributed by atoms with E-state index in [2.05, 4.69) is 59.4 Å². The monoisotopic (exact) mass is 348 g/mol. The van der Waals surface area contributed by atoms with Gasteiger partial charge in [0, 0.05) is 23.3 Å². The van der Waals surface area contributed by atoms with E-state index in [9.17, 15) is 4.79 Å². The Morgan fingerprint density at radius 1 is 1.14 bits per heavy atom. The molecular formula is C17H21BrN2O. The molecule has 4 heteroatoms. The summed E-state index contributed by atoms with van der Waals surface area (Å²) < 4.78 is 2.84. The molecule has 21 heavy (non-hydrogen) atoms. The fourth-order valence-corrected chi connectivity index (χ4v) is 2.61. The highest BCUT2D eigenvalue weighted by molar-refractivity contribution is 9.10. The molecule has 0 fully saturated rings. The molecule has 0 saturated carbocycles. The minimum absolute atomic E-state index is 0.0547. The number of anilines is 1. The van der Waals surface area contributed by atoms with Crippen molar-refractivity contribution in [2.45, 2.75) is 39.3 Å². The largest absolute Gasteiger partial charge is 0.377 e. The van der Waals surface area contributed by atoms with Crippen LogP contribution >= 0.6 is 15.9 Å². The lowest BCUT2D eigenvalue weighted by atomic mass is 10.0. The first-order valence-electron chi connectivity index (χ1n) is 7.36. The molecule has 0 aliphatic carbocycles. The Kier molecular flexibility index (Phi) is 5.62. The van der Waals surface area contributed by atoms with Crippen LogP contribution in [0.5, 0.6) is 0 Å². The summed E-state index contributed by atoms with van der Waals surface area (Å²) >= 11 is 3.46. The molecule has 1 N–H and O–H groups in total. The zero-order valence-electron chi connectivity index (χ0n) is 12.5. The van der Waals surface area contributed by atoms with Gasteiger partial charge in [-0.15, -0.1) is 0 Å². The van der Waals surface area contributed by atoms with E-state index in [1.165, 1.54) is 5.56 Å². The highest BCUT2D eigenvalue weighted by Gasteiger charge is 2.09. The lowest BCUT2D eigenvalue weighted by Crippen LogP contribution is -2.19. The van der Waals surface area contributed by atoms with Gasteiger partial charge in [-0.3, -0.25) is 4.79 Å². The summed E-state index contributed by atoms with van der Waals surface area (Å²) in [4.78, 5) is 11.8. The van der Waals surface area contributed by atoms with E-state index in [0.29, 0.717) is 0 Å². The van der Waals surface area contributed by atoms with Crippen LogP contribution in [0.1, 0.15) is 38.3 Å². The molecule has 0 radical (unpaired) electrons. The van der Waals surface area contributed by atoms with Crippen LogP contribution in [0, 0.1) is 0 Å². The molecule has 1 atom stereocenters. The number of nitrogens with zero attached hydrogens (tertiary/aromatic N) is 1. The Balaban J connectivity index is 2.20. The summed E-state index contributed by atoms with van der Waals surface area (Å²) in [5.41, 5.74) is 2.28. The summed E-state index contributed by atoms with van der Waals surface area (Å²) in [5, 5.41) is 3.52. The minimum atomic E-state index is 0.0547. The van der Waals surface area contributed by atoms with Gasteiger partial charge in [0.2, 0.25) is 0 Å². The molecule has 0 bridgehead atoms. The lowest BCUT2D eigenvalue weighted by molar-refractivity contribution is 0.652. The number of hydrogen-bond acceptors (Lipinski definition) is 2. The molecule has 112 valence electrons.